The van der Waals surface area contributed by atoms with Crippen molar-refractivity contribution in [2.75, 3.05) is 20.2 Å². The molecule has 2 amide bonds. The number of hydrogen-bond acceptors (Lipinski definition) is 2. The van der Waals surface area contributed by atoms with E-state index in [1.54, 1.807) is 11.9 Å². The number of carbonyl (C=O) groups is 1. The maximum atomic E-state index is 11.0. The van der Waals surface area contributed by atoms with Crippen molar-refractivity contribution in [2.24, 2.45) is 0 Å². The van der Waals surface area contributed by atoms with Gasteiger partial charge in [0.05, 0.1) is 18.8 Å². The number of nitrogens with zero attached hydrogens (tertiary/aromatic N) is 1. The van der Waals surface area contributed by atoms with Crippen LogP contribution in [0.2, 0.25) is 0 Å². The van der Waals surface area contributed by atoms with E-state index in [9.17, 15) is 4.79 Å². The maximum absolute atomic E-state index is 11.0. The first-order valence-electron chi connectivity index (χ1n) is 4.23. The van der Waals surface area contributed by atoms with Crippen molar-refractivity contribution in [1.82, 2.24) is 10.2 Å². The Bertz CT molecular complexity index is 170. The van der Waals surface area contributed by atoms with Crippen LogP contribution in [0.3, 0.4) is 0 Å². The molecule has 70 valence electrons. The molecule has 0 aromatic heterocycles. The van der Waals surface area contributed by atoms with Gasteiger partial charge in [-0.2, -0.15) is 0 Å². The zero-order valence-electron chi connectivity index (χ0n) is 7.83. The second-order valence-corrected chi connectivity index (χ2v) is 3.41. The molecule has 0 aromatic carbocycles. The van der Waals surface area contributed by atoms with Crippen LogP contribution in [0.15, 0.2) is 0 Å². The Balaban J connectivity index is 2.23. The van der Waals surface area contributed by atoms with Crippen molar-refractivity contribution in [3.63, 3.8) is 0 Å². The molecule has 0 spiro atoms. The molecular weight excluding hydrogens is 156 g/mol. The summed E-state index contributed by atoms with van der Waals surface area (Å²) in [4.78, 5) is 12.6. The summed E-state index contributed by atoms with van der Waals surface area (Å²) >= 11 is 0. The molecule has 1 aliphatic rings. The van der Waals surface area contributed by atoms with E-state index in [0.717, 1.165) is 6.54 Å². The fraction of sp³-hybridized carbons (Fsp3) is 0.875. The van der Waals surface area contributed by atoms with Crippen LogP contribution >= 0.6 is 0 Å². The Hall–Kier alpha value is -0.770. The lowest BCUT2D eigenvalue weighted by Crippen LogP contribution is -2.31. The third kappa shape index (κ3) is 2.37. The van der Waals surface area contributed by atoms with Crippen molar-refractivity contribution in [2.45, 2.75) is 26.0 Å². The Morgan fingerprint density at radius 1 is 1.75 bits per heavy atom. The van der Waals surface area contributed by atoms with Crippen LogP contribution in [0.4, 0.5) is 4.79 Å². The van der Waals surface area contributed by atoms with E-state index >= 15 is 0 Å². The minimum atomic E-state index is -0.00708. The van der Waals surface area contributed by atoms with Crippen LogP contribution in [0.25, 0.3) is 0 Å². The SMILES string of the molecule is CC(C)OC[C@@H]1CN(C)C(=O)N1. The summed E-state index contributed by atoms with van der Waals surface area (Å²) in [5.74, 6) is 0. The summed E-state index contributed by atoms with van der Waals surface area (Å²) in [7, 11) is 1.78. The zero-order valence-corrected chi connectivity index (χ0v) is 7.83. The minimum Gasteiger partial charge on any atom is -0.377 e. The van der Waals surface area contributed by atoms with Crippen molar-refractivity contribution in [3.8, 4) is 0 Å². The number of hydrogen-bond donors (Lipinski definition) is 1. The number of amides is 2. The van der Waals surface area contributed by atoms with Crippen molar-refractivity contribution in [1.29, 1.82) is 0 Å². The Labute approximate surface area is 72.9 Å². The second kappa shape index (κ2) is 3.76. The van der Waals surface area contributed by atoms with Gasteiger partial charge in [0.25, 0.3) is 0 Å². The fourth-order valence-electron chi connectivity index (χ4n) is 1.15. The fourth-order valence-corrected chi connectivity index (χ4v) is 1.15. The van der Waals surface area contributed by atoms with Gasteiger partial charge in [0, 0.05) is 13.6 Å². The van der Waals surface area contributed by atoms with Crippen molar-refractivity contribution in [3.05, 3.63) is 0 Å². The van der Waals surface area contributed by atoms with E-state index in [2.05, 4.69) is 5.32 Å². The summed E-state index contributed by atoms with van der Waals surface area (Å²) in [5.41, 5.74) is 0. The van der Waals surface area contributed by atoms with Gasteiger partial charge < -0.3 is 15.0 Å². The third-order valence-corrected chi connectivity index (χ3v) is 1.80. The molecule has 1 heterocycles. The van der Waals surface area contributed by atoms with Gasteiger partial charge in [-0.1, -0.05) is 0 Å². The van der Waals surface area contributed by atoms with Gasteiger partial charge in [-0.15, -0.1) is 0 Å². The summed E-state index contributed by atoms with van der Waals surface area (Å²) in [6, 6.07) is 0.150. The van der Waals surface area contributed by atoms with Gasteiger partial charge in [-0.25, -0.2) is 4.79 Å². The number of ether oxygens (including phenoxy) is 1. The van der Waals surface area contributed by atoms with Crippen LogP contribution in [0.5, 0.6) is 0 Å². The summed E-state index contributed by atoms with van der Waals surface area (Å²) in [6.07, 6.45) is 0.229. The molecule has 0 radical (unpaired) electrons. The molecule has 12 heavy (non-hydrogen) atoms. The Morgan fingerprint density at radius 2 is 2.42 bits per heavy atom. The zero-order chi connectivity index (χ0) is 9.14. The number of carbonyl (C=O) groups excluding carboxylic acids is 1. The number of likely N-dealkylation sites (N-methyl/N-ethyl adjacent to an activating group) is 1. The largest absolute Gasteiger partial charge is 0.377 e. The van der Waals surface area contributed by atoms with E-state index in [4.69, 9.17) is 4.74 Å². The standard InChI is InChI=1S/C8H16N2O2/c1-6(2)12-5-7-4-10(3)8(11)9-7/h6-7H,4-5H2,1-3H3,(H,9,11)/t7-/m0/s1. The van der Waals surface area contributed by atoms with Gasteiger partial charge >= 0.3 is 6.03 Å². The molecule has 4 nitrogen and oxygen atoms in total. The summed E-state index contributed by atoms with van der Waals surface area (Å²) in [5, 5.41) is 2.82. The molecule has 1 fully saturated rings. The first kappa shape index (κ1) is 9.32. The first-order chi connectivity index (χ1) is 5.59. The molecular formula is C8H16N2O2. The van der Waals surface area contributed by atoms with Crippen LogP contribution in [-0.4, -0.2) is 43.3 Å². The lowest BCUT2D eigenvalue weighted by molar-refractivity contribution is 0.0660. The molecule has 0 aliphatic carbocycles. The molecule has 1 rings (SSSR count). The van der Waals surface area contributed by atoms with Gasteiger partial charge in [-0.05, 0) is 13.8 Å². The molecule has 0 bridgehead atoms. The molecule has 1 aliphatic heterocycles. The second-order valence-electron chi connectivity index (χ2n) is 3.41. The van der Waals surface area contributed by atoms with Crippen LogP contribution in [0, 0.1) is 0 Å². The number of urea groups is 1. The van der Waals surface area contributed by atoms with Crippen molar-refractivity contribution >= 4 is 6.03 Å². The molecule has 1 saturated heterocycles. The van der Waals surface area contributed by atoms with E-state index in [0.29, 0.717) is 6.61 Å². The van der Waals surface area contributed by atoms with Gasteiger partial charge in [0.1, 0.15) is 0 Å². The molecule has 4 heteroatoms. The van der Waals surface area contributed by atoms with Crippen LogP contribution < -0.4 is 5.32 Å². The molecule has 0 aromatic rings. The van der Waals surface area contributed by atoms with Gasteiger partial charge in [-0.3, -0.25) is 0 Å². The summed E-state index contributed by atoms with van der Waals surface area (Å²) in [6.45, 7) is 5.32. The van der Waals surface area contributed by atoms with Crippen LogP contribution in [0.1, 0.15) is 13.8 Å². The predicted molar refractivity (Wildman–Crippen MR) is 46.0 cm³/mol. The quantitative estimate of drug-likeness (QED) is 0.671. The number of nitrogens with one attached hydrogen (secondary N) is 1. The Morgan fingerprint density at radius 3 is 2.83 bits per heavy atom. The minimum absolute atomic E-state index is 0.00708. The van der Waals surface area contributed by atoms with Crippen LogP contribution in [-0.2, 0) is 4.74 Å². The molecule has 1 atom stereocenters. The lowest BCUT2D eigenvalue weighted by atomic mass is 10.3. The third-order valence-electron chi connectivity index (χ3n) is 1.80. The molecule has 1 N–H and O–H groups in total. The number of rotatable bonds is 3. The highest BCUT2D eigenvalue weighted by atomic mass is 16.5. The van der Waals surface area contributed by atoms with Crippen molar-refractivity contribution < 1.29 is 9.53 Å². The maximum Gasteiger partial charge on any atom is 0.317 e. The lowest BCUT2D eigenvalue weighted by Gasteiger charge is -2.12. The highest BCUT2D eigenvalue weighted by molar-refractivity contribution is 5.76. The van der Waals surface area contributed by atoms with E-state index in [1.807, 2.05) is 13.8 Å². The smallest absolute Gasteiger partial charge is 0.317 e. The highest BCUT2D eigenvalue weighted by Crippen LogP contribution is 2.02. The average Bonchev–Trinajstić information content (AvgIpc) is 2.28. The van der Waals surface area contributed by atoms with E-state index in [-0.39, 0.29) is 18.2 Å². The Kier molecular flexibility index (Phi) is 2.92. The first-order valence-corrected chi connectivity index (χ1v) is 4.23. The topological polar surface area (TPSA) is 41.6 Å². The van der Waals surface area contributed by atoms with E-state index < -0.39 is 0 Å². The van der Waals surface area contributed by atoms with Gasteiger partial charge in [0.15, 0.2) is 0 Å². The molecule has 0 saturated carbocycles. The normalized spacial score (nSPS) is 23.5. The predicted octanol–water partition coefficient (Wildman–Crippen LogP) is 0.435. The average molecular weight is 172 g/mol. The highest BCUT2D eigenvalue weighted by Gasteiger charge is 2.25. The van der Waals surface area contributed by atoms with Gasteiger partial charge in [0.2, 0.25) is 0 Å². The molecule has 0 unspecified atom stereocenters. The summed E-state index contributed by atoms with van der Waals surface area (Å²) < 4.78 is 5.38. The monoisotopic (exact) mass is 172 g/mol. The van der Waals surface area contributed by atoms with E-state index in [1.165, 1.54) is 0 Å².